The highest BCUT2D eigenvalue weighted by Crippen LogP contribution is 2.22. The molecule has 0 aliphatic carbocycles. The molecule has 27 heavy (non-hydrogen) atoms. The molecular weight excluding hydrogens is 372 g/mol. The fourth-order valence-corrected chi connectivity index (χ4v) is 4.96. The first-order valence-corrected chi connectivity index (χ1v) is 10.6. The Morgan fingerprint density at radius 1 is 1.07 bits per heavy atom. The van der Waals surface area contributed by atoms with Gasteiger partial charge in [-0.2, -0.15) is 4.31 Å². The lowest BCUT2D eigenvalue weighted by atomic mass is 10.3. The number of rotatable bonds is 6. The summed E-state index contributed by atoms with van der Waals surface area (Å²) in [6.45, 7) is 3.91. The molecule has 0 bridgehead atoms. The molecule has 0 saturated carbocycles. The summed E-state index contributed by atoms with van der Waals surface area (Å²) >= 11 is 0. The first kappa shape index (κ1) is 19.7. The smallest absolute Gasteiger partial charge is 0.270 e. The SMILES string of the molecule is O=C(CCN1CCCC1)N1CCN(S(=O)(=O)c2cccc([N+](=O)[O-])c2)CC1. The number of nitro benzene ring substituents is 1. The maximum atomic E-state index is 12.7. The van der Waals surface area contributed by atoms with E-state index in [9.17, 15) is 23.3 Å². The van der Waals surface area contributed by atoms with Crippen molar-refractivity contribution in [3.05, 3.63) is 34.4 Å². The van der Waals surface area contributed by atoms with Crippen molar-refractivity contribution < 1.29 is 18.1 Å². The van der Waals surface area contributed by atoms with Crippen LogP contribution in [0.3, 0.4) is 0 Å². The van der Waals surface area contributed by atoms with Crippen molar-refractivity contribution in [3.63, 3.8) is 0 Å². The van der Waals surface area contributed by atoms with Gasteiger partial charge in [-0.3, -0.25) is 14.9 Å². The lowest BCUT2D eigenvalue weighted by molar-refractivity contribution is -0.385. The number of nitrogens with zero attached hydrogens (tertiary/aromatic N) is 4. The molecule has 0 radical (unpaired) electrons. The number of amides is 1. The van der Waals surface area contributed by atoms with Crippen molar-refractivity contribution >= 4 is 21.6 Å². The van der Waals surface area contributed by atoms with Crippen molar-refractivity contribution in [1.29, 1.82) is 0 Å². The minimum Gasteiger partial charge on any atom is -0.340 e. The second-order valence-corrected chi connectivity index (χ2v) is 8.78. The maximum Gasteiger partial charge on any atom is 0.270 e. The first-order chi connectivity index (χ1) is 12.9. The fraction of sp³-hybridized carbons (Fsp3) is 0.588. The van der Waals surface area contributed by atoms with Crippen LogP contribution >= 0.6 is 0 Å². The van der Waals surface area contributed by atoms with E-state index < -0.39 is 14.9 Å². The molecule has 0 aromatic heterocycles. The standard InChI is InChI=1S/C17H24N4O5S/c22-17(6-9-18-7-1-2-8-18)19-10-12-20(13-11-19)27(25,26)16-5-3-4-15(14-16)21(23)24/h3-5,14H,1-2,6-13H2. The van der Waals surface area contributed by atoms with Gasteiger partial charge in [-0.1, -0.05) is 6.07 Å². The Morgan fingerprint density at radius 3 is 2.37 bits per heavy atom. The molecule has 148 valence electrons. The third-order valence-corrected chi connectivity index (χ3v) is 6.99. The Bertz CT molecular complexity index is 799. The quantitative estimate of drug-likeness (QED) is 0.523. The van der Waals surface area contributed by atoms with Crippen molar-refractivity contribution in [2.24, 2.45) is 0 Å². The third kappa shape index (κ3) is 4.63. The summed E-state index contributed by atoms with van der Waals surface area (Å²) in [7, 11) is -3.81. The van der Waals surface area contributed by atoms with Crippen LogP contribution in [0.15, 0.2) is 29.2 Å². The summed E-state index contributed by atoms with van der Waals surface area (Å²) in [5.41, 5.74) is -0.258. The van der Waals surface area contributed by atoms with Gasteiger partial charge < -0.3 is 9.80 Å². The minimum absolute atomic E-state index is 0.0503. The van der Waals surface area contributed by atoms with Gasteiger partial charge in [-0.25, -0.2) is 8.42 Å². The number of hydrogen-bond acceptors (Lipinski definition) is 6. The Hall–Kier alpha value is -2.04. The summed E-state index contributed by atoms with van der Waals surface area (Å²) in [5.74, 6) is 0.0503. The van der Waals surface area contributed by atoms with Crippen LogP contribution in [0.25, 0.3) is 0 Å². The van der Waals surface area contributed by atoms with Gasteiger partial charge in [0.25, 0.3) is 5.69 Å². The minimum atomic E-state index is -3.81. The molecular formula is C17H24N4O5S. The summed E-state index contributed by atoms with van der Waals surface area (Å²) in [4.78, 5) is 26.5. The van der Waals surface area contributed by atoms with E-state index in [1.807, 2.05) is 0 Å². The Balaban J connectivity index is 1.56. The molecule has 10 heteroatoms. The van der Waals surface area contributed by atoms with Crippen molar-refractivity contribution in [2.45, 2.75) is 24.2 Å². The molecule has 2 saturated heterocycles. The van der Waals surface area contributed by atoms with Gasteiger partial charge in [0.2, 0.25) is 15.9 Å². The molecule has 9 nitrogen and oxygen atoms in total. The molecule has 3 rings (SSSR count). The van der Waals surface area contributed by atoms with E-state index in [1.54, 1.807) is 4.90 Å². The second-order valence-electron chi connectivity index (χ2n) is 6.84. The molecule has 2 aliphatic rings. The summed E-state index contributed by atoms with van der Waals surface area (Å²) in [5, 5.41) is 10.9. The molecule has 1 amide bonds. The average Bonchev–Trinajstić information content (AvgIpc) is 3.20. The first-order valence-electron chi connectivity index (χ1n) is 9.13. The number of piperazine rings is 1. The zero-order valence-corrected chi connectivity index (χ0v) is 15.9. The molecule has 0 atom stereocenters. The van der Waals surface area contributed by atoms with E-state index in [1.165, 1.54) is 35.3 Å². The molecule has 0 unspecified atom stereocenters. The topological polar surface area (TPSA) is 104 Å². The van der Waals surface area contributed by atoms with Gasteiger partial charge >= 0.3 is 0 Å². The summed E-state index contributed by atoms with van der Waals surface area (Å²) in [6, 6.07) is 5.05. The number of hydrogen-bond donors (Lipinski definition) is 0. The number of sulfonamides is 1. The highest BCUT2D eigenvalue weighted by molar-refractivity contribution is 7.89. The van der Waals surface area contributed by atoms with Gasteiger partial charge in [-0.05, 0) is 32.0 Å². The Labute approximate surface area is 158 Å². The highest BCUT2D eigenvalue weighted by atomic mass is 32.2. The predicted octanol–water partition coefficient (Wildman–Crippen LogP) is 0.914. The summed E-state index contributed by atoms with van der Waals surface area (Å²) < 4.78 is 26.8. The zero-order chi connectivity index (χ0) is 19.4. The third-order valence-electron chi connectivity index (χ3n) is 5.10. The van der Waals surface area contributed by atoms with E-state index in [4.69, 9.17) is 0 Å². The number of benzene rings is 1. The average molecular weight is 396 g/mol. The second kappa shape index (κ2) is 8.32. The van der Waals surface area contributed by atoms with Crippen molar-refractivity contribution in [3.8, 4) is 0 Å². The van der Waals surface area contributed by atoms with E-state index in [0.717, 1.165) is 25.7 Å². The van der Waals surface area contributed by atoms with Gasteiger partial charge in [0.05, 0.1) is 9.82 Å². The van der Waals surface area contributed by atoms with Gasteiger partial charge in [0, 0.05) is 51.3 Å². The lowest BCUT2D eigenvalue weighted by Gasteiger charge is -2.34. The van der Waals surface area contributed by atoms with E-state index >= 15 is 0 Å². The van der Waals surface area contributed by atoms with E-state index in [2.05, 4.69) is 4.90 Å². The molecule has 1 aromatic carbocycles. The van der Waals surface area contributed by atoms with Crippen LogP contribution in [0.4, 0.5) is 5.69 Å². The Morgan fingerprint density at radius 2 is 1.74 bits per heavy atom. The van der Waals surface area contributed by atoms with Gasteiger partial charge in [0.15, 0.2) is 0 Å². The molecule has 1 aromatic rings. The maximum absolute atomic E-state index is 12.7. The Kier molecular flexibility index (Phi) is 6.08. The van der Waals surface area contributed by atoms with E-state index in [-0.39, 0.29) is 29.6 Å². The normalized spacial score (nSPS) is 19.3. The monoisotopic (exact) mass is 396 g/mol. The van der Waals surface area contributed by atoms with Gasteiger partial charge in [-0.15, -0.1) is 0 Å². The number of carbonyl (C=O) groups is 1. The number of likely N-dealkylation sites (tertiary alicyclic amines) is 1. The molecule has 2 aliphatic heterocycles. The van der Waals surface area contributed by atoms with E-state index in [0.29, 0.717) is 19.5 Å². The molecule has 0 N–H and O–H groups in total. The fourth-order valence-electron chi connectivity index (χ4n) is 3.50. The van der Waals surface area contributed by atoms with Crippen molar-refractivity contribution in [1.82, 2.24) is 14.1 Å². The number of non-ortho nitro benzene ring substituents is 1. The highest BCUT2D eigenvalue weighted by Gasteiger charge is 2.31. The van der Waals surface area contributed by atoms with Gasteiger partial charge in [0.1, 0.15) is 0 Å². The molecule has 0 spiro atoms. The molecule has 2 fully saturated rings. The van der Waals surface area contributed by atoms with Crippen LogP contribution in [0.1, 0.15) is 19.3 Å². The van der Waals surface area contributed by atoms with Crippen LogP contribution in [0, 0.1) is 10.1 Å². The van der Waals surface area contributed by atoms with Crippen LogP contribution in [0.5, 0.6) is 0 Å². The number of nitro groups is 1. The largest absolute Gasteiger partial charge is 0.340 e. The van der Waals surface area contributed by atoms with Crippen LogP contribution in [-0.4, -0.2) is 79.2 Å². The van der Waals surface area contributed by atoms with Crippen LogP contribution in [0.2, 0.25) is 0 Å². The van der Waals surface area contributed by atoms with Crippen LogP contribution in [-0.2, 0) is 14.8 Å². The number of carbonyl (C=O) groups excluding carboxylic acids is 1. The lowest BCUT2D eigenvalue weighted by Crippen LogP contribution is -2.50. The summed E-state index contributed by atoms with van der Waals surface area (Å²) in [6.07, 6.45) is 2.82. The molecule has 2 heterocycles. The zero-order valence-electron chi connectivity index (χ0n) is 15.1. The van der Waals surface area contributed by atoms with Crippen molar-refractivity contribution in [2.75, 3.05) is 45.8 Å². The predicted molar refractivity (Wildman–Crippen MR) is 98.7 cm³/mol. The van der Waals surface area contributed by atoms with Crippen LogP contribution < -0.4 is 0 Å².